The summed E-state index contributed by atoms with van der Waals surface area (Å²) in [5.41, 5.74) is -1.81. The number of hydrogen-bond acceptors (Lipinski definition) is 5. The molecule has 170 valence electrons. The van der Waals surface area contributed by atoms with Gasteiger partial charge in [0.25, 0.3) is 11.6 Å². The van der Waals surface area contributed by atoms with Crippen molar-refractivity contribution >= 4 is 39.2 Å². The number of ether oxygens (including phenoxy) is 1. The summed E-state index contributed by atoms with van der Waals surface area (Å²) in [6.45, 7) is 0. The highest BCUT2D eigenvalue weighted by Crippen LogP contribution is 2.33. The topological polar surface area (TPSA) is 98.5 Å². The quantitative estimate of drug-likeness (QED) is 0.246. The Balaban J connectivity index is 1.92. The molecule has 11 heteroatoms. The van der Waals surface area contributed by atoms with E-state index < -0.39 is 40.2 Å². The Labute approximate surface area is 193 Å². The molecular formula is C22H14BrF3N2O5. The van der Waals surface area contributed by atoms with Gasteiger partial charge in [-0.1, -0.05) is 42.5 Å². The fourth-order valence-corrected chi connectivity index (χ4v) is 3.36. The summed E-state index contributed by atoms with van der Waals surface area (Å²) in [5, 5.41) is 13.4. The zero-order valence-electron chi connectivity index (χ0n) is 16.5. The maximum absolute atomic E-state index is 13.3. The number of carbonyl (C=O) groups excluding carboxylic acids is 2. The number of alkyl halides is 3. The summed E-state index contributed by atoms with van der Waals surface area (Å²) in [6, 6.07) is 15.4. The fourth-order valence-electron chi connectivity index (χ4n) is 2.90. The standard InChI is InChI=1S/C22H14BrF3N2O5/c23-17-12-14(28(31)32)10-11-18(17)27-20(29)19(13-6-2-1-3-7-13)33-21(30)15-8-4-5-9-16(15)22(24,25)26/h1-12,19H,(H,27,29). The number of nitrogens with zero attached hydrogens (tertiary/aromatic N) is 1. The van der Waals surface area contributed by atoms with E-state index in [2.05, 4.69) is 21.2 Å². The van der Waals surface area contributed by atoms with Crippen molar-refractivity contribution in [2.24, 2.45) is 0 Å². The highest BCUT2D eigenvalue weighted by atomic mass is 79.9. The van der Waals surface area contributed by atoms with Crippen molar-refractivity contribution < 1.29 is 32.4 Å². The van der Waals surface area contributed by atoms with Gasteiger partial charge in [-0.25, -0.2) is 4.79 Å². The second kappa shape index (κ2) is 9.82. The Morgan fingerprint density at radius 2 is 1.64 bits per heavy atom. The van der Waals surface area contributed by atoms with Crippen LogP contribution in [0.1, 0.15) is 27.6 Å². The molecule has 3 aromatic rings. The normalized spacial score (nSPS) is 12.0. The predicted molar refractivity (Wildman–Crippen MR) is 115 cm³/mol. The van der Waals surface area contributed by atoms with Gasteiger partial charge in [-0.3, -0.25) is 14.9 Å². The number of amides is 1. The van der Waals surface area contributed by atoms with Crippen molar-refractivity contribution in [3.05, 3.63) is 104 Å². The minimum Gasteiger partial charge on any atom is -0.444 e. The molecule has 0 radical (unpaired) electrons. The molecule has 3 rings (SSSR count). The van der Waals surface area contributed by atoms with Crippen molar-refractivity contribution in [1.82, 2.24) is 0 Å². The SMILES string of the molecule is O=C(OC(C(=O)Nc1ccc([N+](=O)[O-])cc1Br)c1ccccc1)c1ccccc1C(F)(F)F. The first-order valence-electron chi connectivity index (χ1n) is 9.25. The average Bonchev–Trinajstić information content (AvgIpc) is 2.78. The van der Waals surface area contributed by atoms with Crippen LogP contribution in [0.3, 0.4) is 0 Å². The summed E-state index contributed by atoms with van der Waals surface area (Å²) < 4.78 is 45.3. The van der Waals surface area contributed by atoms with Gasteiger partial charge < -0.3 is 10.1 Å². The third-order valence-corrected chi connectivity index (χ3v) is 5.10. The van der Waals surface area contributed by atoms with Gasteiger partial charge in [0, 0.05) is 22.2 Å². The number of hydrogen-bond donors (Lipinski definition) is 1. The summed E-state index contributed by atoms with van der Waals surface area (Å²) in [5.74, 6) is -2.21. The van der Waals surface area contributed by atoms with Crippen LogP contribution in [0.25, 0.3) is 0 Å². The van der Waals surface area contributed by atoms with Gasteiger partial charge >= 0.3 is 12.1 Å². The minimum absolute atomic E-state index is 0.137. The lowest BCUT2D eigenvalue weighted by atomic mass is 10.1. The third kappa shape index (κ3) is 5.75. The number of halogens is 4. The van der Waals surface area contributed by atoms with Crippen molar-refractivity contribution in [3.8, 4) is 0 Å². The zero-order valence-corrected chi connectivity index (χ0v) is 18.1. The van der Waals surface area contributed by atoms with Crippen LogP contribution in [-0.2, 0) is 15.7 Å². The molecule has 0 bridgehead atoms. The summed E-state index contributed by atoms with van der Waals surface area (Å²) in [6.07, 6.45) is -6.40. The van der Waals surface area contributed by atoms with Crippen LogP contribution >= 0.6 is 15.9 Å². The first-order chi connectivity index (χ1) is 15.6. The fraction of sp³-hybridized carbons (Fsp3) is 0.0909. The average molecular weight is 523 g/mol. The van der Waals surface area contributed by atoms with E-state index in [9.17, 15) is 32.9 Å². The van der Waals surface area contributed by atoms with Gasteiger partial charge in [-0.15, -0.1) is 0 Å². The molecule has 0 spiro atoms. The van der Waals surface area contributed by atoms with Gasteiger partial charge in [-0.2, -0.15) is 13.2 Å². The molecule has 1 N–H and O–H groups in total. The van der Waals surface area contributed by atoms with E-state index in [-0.39, 0.29) is 21.4 Å². The molecule has 0 heterocycles. The molecule has 0 aliphatic rings. The molecule has 0 aromatic heterocycles. The number of rotatable bonds is 6. The zero-order chi connectivity index (χ0) is 24.2. The molecule has 0 aliphatic carbocycles. The van der Waals surface area contributed by atoms with Crippen molar-refractivity contribution in [1.29, 1.82) is 0 Å². The van der Waals surface area contributed by atoms with Gasteiger partial charge in [0.1, 0.15) is 0 Å². The Morgan fingerprint density at radius 3 is 2.24 bits per heavy atom. The maximum atomic E-state index is 13.3. The van der Waals surface area contributed by atoms with E-state index in [4.69, 9.17) is 4.74 Å². The minimum atomic E-state index is -4.80. The van der Waals surface area contributed by atoms with Gasteiger partial charge in [-0.05, 0) is 34.1 Å². The summed E-state index contributed by atoms with van der Waals surface area (Å²) in [4.78, 5) is 35.9. The molecule has 0 aliphatic heterocycles. The number of nitro groups is 1. The van der Waals surface area contributed by atoms with Crippen LogP contribution < -0.4 is 5.32 Å². The van der Waals surface area contributed by atoms with E-state index >= 15 is 0 Å². The number of nitro benzene ring substituents is 1. The highest BCUT2D eigenvalue weighted by Gasteiger charge is 2.36. The second-order valence-corrected chi connectivity index (χ2v) is 7.50. The molecule has 1 atom stereocenters. The number of non-ortho nitro benzene ring substituents is 1. The van der Waals surface area contributed by atoms with Crippen LogP contribution in [-0.4, -0.2) is 16.8 Å². The maximum Gasteiger partial charge on any atom is 0.417 e. The van der Waals surface area contributed by atoms with E-state index in [0.29, 0.717) is 0 Å². The Hall–Kier alpha value is -3.73. The molecule has 0 saturated heterocycles. The molecule has 7 nitrogen and oxygen atoms in total. The van der Waals surface area contributed by atoms with Crippen LogP contribution in [0.2, 0.25) is 0 Å². The van der Waals surface area contributed by atoms with E-state index in [1.54, 1.807) is 18.2 Å². The van der Waals surface area contributed by atoms with Crippen LogP contribution in [0.15, 0.2) is 77.3 Å². The monoisotopic (exact) mass is 522 g/mol. The molecule has 0 fully saturated rings. The summed E-state index contributed by atoms with van der Waals surface area (Å²) in [7, 11) is 0. The predicted octanol–water partition coefficient (Wildman–Crippen LogP) is 5.91. The van der Waals surface area contributed by atoms with E-state index in [0.717, 1.165) is 24.3 Å². The van der Waals surface area contributed by atoms with Crippen LogP contribution in [0.5, 0.6) is 0 Å². The smallest absolute Gasteiger partial charge is 0.417 e. The molecule has 0 saturated carbocycles. The molecule has 3 aromatic carbocycles. The van der Waals surface area contributed by atoms with Crippen molar-refractivity contribution in [2.45, 2.75) is 12.3 Å². The molecular weight excluding hydrogens is 509 g/mol. The number of nitrogens with one attached hydrogen (secondary N) is 1. The summed E-state index contributed by atoms with van der Waals surface area (Å²) >= 11 is 3.12. The van der Waals surface area contributed by atoms with Gasteiger partial charge in [0.2, 0.25) is 6.10 Å². The van der Waals surface area contributed by atoms with E-state index in [1.165, 1.54) is 30.3 Å². The lowest BCUT2D eigenvalue weighted by Gasteiger charge is -2.20. The van der Waals surface area contributed by atoms with Gasteiger partial charge in [0.15, 0.2) is 0 Å². The third-order valence-electron chi connectivity index (χ3n) is 4.44. The molecule has 1 unspecified atom stereocenters. The number of carbonyl (C=O) groups is 2. The number of esters is 1. The van der Waals surface area contributed by atoms with Crippen molar-refractivity contribution in [2.75, 3.05) is 5.32 Å². The molecule has 1 amide bonds. The molecule has 33 heavy (non-hydrogen) atoms. The Kier molecular flexibility index (Phi) is 7.12. The number of anilines is 1. The second-order valence-electron chi connectivity index (χ2n) is 6.65. The van der Waals surface area contributed by atoms with Gasteiger partial charge in [0.05, 0.1) is 21.7 Å². The first-order valence-corrected chi connectivity index (χ1v) is 10.0. The Morgan fingerprint density at radius 1 is 1.00 bits per heavy atom. The largest absolute Gasteiger partial charge is 0.444 e. The number of benzene rings is 3. The Bertz CT molecular complexity index is 1200. The van der Waals surface area contributed by atoms with Crippen LogP contribution in [0.4, 0.5) is 24.5 Å². The van der Waals surface area contributed by atoms with E-state index in [1.807, 2.05) is 0 Å². The first kappa shape index (κ1) is 23.9. The van der Waals surface area contributed by atoms with Crippen molar-refractivity contribution in [3.63, 3.8) is 0 Å². The van der Waals surface area contributed by atoms with Crippen LogP contribution in [0, 0.1) is 10.1 Å². The lowest BCUT2D eigenvalue weighted by molar-refractivity contribution is -0.384. The highest BCUT2D eigenvalue weighted by molar-refractivity contribution is 9.10. The lowest BCUT2D eigenvalue weighted by Crippen LogP contribution is -2.27.